The highest BCUT2D eigenvalue weighted by atomic mass is 16.5. The number of nitrogens with two attached hydrogens (primary N) is 1. The minimum atomic E-state index is -0.663. The van der Waals surface area contributed by atoms with Gasteiger partial charge < -0.3 is 19.9 Å². The van der Waals surface area contributed by atoms with E-state index in [1.807, 2.05) is 0 Å². The molecule has 0 unspecified atom stereocenters. The second-order valence-electron chi connectivity index (χ2n) is 4.98. The molecule has 2 aromatic heterocycles. The number of rotatable bonds is 4. The SMILES string of the molecule is COC(=O)c1cc(C#N)c(=O)n(Cc2nc(N)nc(N(C)C)n2)c1. The van der Waals surface area contributed by atoms with E-state index in [9.17, 15) is 9.59 Å². The fraction of sp³-hybridized carbons (Fsp3) is 0.286. The molecule has 0 radical (unpaired) electrons. The van der Waals surface area contributed by atoms with E-state index >= 15 is 0 Å². The molecule has 0 aliphatic rings. The van der Waals surface area contributed by atoms with Gasteiger partial charge in [-0.2, -0.15) is 20.2 Å². The van der Waals surface area contributed by atoms with Gasteiger partial charge in [-0.3, -0.25) is 4.79 Å². The lowest BCUT2D eigenvalue weighted by atomic mass is 10.2. The summed E-state index contributed by atoms with van der Waals surface area (Å²) in [5.41, 5.74) is 4.95. The van der Waals surface area contributed by atoms with Crippen molar-refractivity contribution in [3.8, 4) is 6.07 Å². The number of carbonyl (C=O) groups is 1. The Bertz CT molecular complexity index is 883. The number of hydrogen-bond donors (Lipinski definition) is 1. The highest BCUT2D eigenvalue weighted by molar-refractivity contribution is 5.89. The van der Waals surface area contributed by atoms with Crippen molar-refractivity contribution in [1.29, 1.82) is 5.26 Å². The topological polar surface area (TPSA) is 140 Å². The second kappa shape index (κ2) is 6.74. The number of nitriles is 1. The first-order valence-corrected chi connectivity index (χ1v) is 6.76. The second-order valence-corrected chi connectivity index (χ2v) is 4.98. The predicted octanol–water partition coefficient (Wildman–Crippen LogP) is -0.612. The highest BCUT2D eigenvalue weighted by Crippen LogP contribution is 2.08. The molecule has 0 saturated heterocycles. The summed E-state index contributed by atoms with van der Waals surface area (Å²) >= 11 is 0. The van der Waals surface area contributed by atoms with Crippen LogP contribution in [0, 0.1) is 11.3 Å². The number of nitrogen functional groups attached to an aromatic ring is 1. The van der Waals surface area contributed by atoms with Gasteiger partial charge in [-0.15, -0.1) is 0 Å². The zero-order valence-corrected chi connectivity index (χ0v) is 13.3. The van der Waals surface area contributed by atoms with Crippen molar-refractivity contribution in [3.05, 3.63) is 39.6 Å². The van der Waals surface area contributed by atoms with E-state index in [0.29, 0.717) is 5.95 Å². The fourth-order valence-corrected chi connectivity index (χ4v) is 1.91. The van der Waals surface area contributed by atoms with Crippen molar-refractivity contribution in [1.82, 2.24) is 19.5 Å². The summed E-state index contributed by atoms with van der Waals surface area (Å²) in [5.74, 6) is -0.111. The molecule has 0 aliphatic heterocycles. The number of nitrogens with zero attached hydrogens (tertiary/aromatic N) is 6. The van der Waals surface area contributed by atoms with Crippen LogP contribution in [0.3, 0.4) is 0 Å². The Kier molecular flexibility index (Phi) is 4.74. The van der Waals surface area contributed by atoms with E-state index in [-0.39, 0.29) is 29.4 Å². The van der Waals surface area contributed by atoms with Crippen LogP contribution < -0.4 is 16.2 Å². The summed E-state index contributed by atoms with van der Waals surface area (Å²) < 4.78 is 5.77. The van der Waals surface area contributed by atoms with Gasteiger partial charge in [-0.1, -0.05) is 0 Å². The van der Waals surface area contributed by atoms with Crippen molar-refractivity contribution in [2.45, 2.75) is 6.54 Å². The number of aromatic nitrogens is 4. The van der Waals surface area contributed by atoms with E-state index in [1.54, 1.807) is 25.1 Å². The van der Waals surface area contributed by atoms with Crippen molar-refractivity contribution < 1.29 is 9.53 Å². The van der Waals surface area contributed by atoms with Crippen molar-refractivity contribution >= 4 is 17.9 Å². The van der Waals surface area contributed by atoms with Crippen LogP contribution in [-0.2, 0) is 11.3 Å². The number of anilines is 2. The van der Waals surface area contributed by atoms with Crippen LogP contribution in [-0.4, -0.2) is 46.7 Å². The summed E-state index contributed by atoms with van der Waals surface area (Å²) in [6.07, 6.45) is 1.28. The Morgan fingerprint density at radius 1 is 1.42 bits per heavy atom. The lowest BCUT2D eigenvalue weighted by Crippen LogP contribution is -2.26. The average molecular weight is 329 g/mol. The molecule has 0 spiro atoms. The monoisotopic (exact) mass is 329 g/mol. The van der Waals surface area contributed by atoms with Gasteiger partial charge in [-0.25, -0.2) is 4.79 Å². The van der Waals surface area contributed by atoms with Gasteiger partial charge in [-0.05, 0) is 6.07 Å². The molecule has 0 saturated carbocycles. The summed E-state index contributed by atoms with van der Waals surface area (Å²) in [6.45, 7) is -0.0775. The van der Waals surface area contributed by atoms with E-state index in [0.717, 1.165) is 4.57 Å². The Morgan fingerprint density at radius 2 is 2.12 bits per heavy atom. The van der Waals surface area contributed by atoms with Crippen LogP contribution in [0.1, 0.15) is 21.7 Å². The fourth-order valence-electron chi connectivity index (χ4n) is 1.91. The van der Waals surface area contributed by atoms with Crippen LogP contribution in [0.15, 0.2) is 17.1 Å². The largest absolute Gasteiger partial charge is 0.465 e. The number of pyridine rings is 1. The molecule has 2 N–H and O–H groups in total. The number of carbonyl (C=O) groups excluding carboxylic acids is 1. The van der Waals surface area contributed by atoms with Gasteiger partial charge in [0, 0.05) is 20.3 Å². The standard InChI is InChI=1S/C14H15N7O3/c1-20(2)14-18-10(17-13(16)19-14)7-21-6-9(12(23)24-3)4-8(5-15)11(21)22/h4,6H,7H2,1-3H3,(H2,16,17,18,19). The summed E-state index contributed by atoms with van der Waals surface area (Å²) in [4.78, 5) is 37.7. The number of methoxy groups -OCH3 is 1. The Hall–Kier alpha value is -3.48. The smallest absolute Gasteiger partial charge is 0.339 e. The molecule has 0 fully saturated rings. The molecule has 0 amide bonds. The minimum Gasteiger partial charge on any atom is -0.465 e. The highest BCUT2D eigenvalue weighted by Gasteiger charge is 2.14. The van der Waals surface area contributed by atoms with Crippen molar-refractivity contribution in [2.75, 3.05) is 31.8 Å². The van der Waals surface area contributed by atoms with Crippen LogP contribution in [0.2, 0.25) is 0 Å². The first kappa shape index (κ1) is 16.9. The molecule has 2 aromatic rings. The van der Waals surface area contributed by atoms with E-state index in [2.05, 4.69) is 19.7 Å². The normalized spacial score (nSPS) is 10.1. The van der Waals surface area contributed by atoms with Crippen LogP contribution in [0.25, 0.3) is 0 Å². The number of ether oxygens (including phenoxy) is 1. The summed E-state index contributed by atoms with van der Waals surface area (Å²) in [7, 11) is 4.67. The molecule has 10 nitrogen and oxygen atoms in total. The third-order valence-electron chi connectivity index (χ3n) is 3.03. The molecule has 0 bridgehead atoms. The minimum absolute atomic E-state index is 0.00128. The lowest BCUT2D eigenvalue weighted by Gasteiger charge is -2.12. The first-order valence-electron chi connectivity index (χ1n) is 6.76. The van der Waals surface area contributed by atoms with E-state index in [4.69, 9.17) is 11.0 Å². The van der Waals surface area contributed by atoms with E-state index in [1.165, 1.54) is 19.4 Å². The maximum atomic E-state index is 12.2. The molecular formula is C14H15N7O3. The Labute approximate surface area is 137 Å². The number of hydrogen-bond acceptors (Lipinski definition) is 9. The first-order chi connectivity index (χ1) is 11.3. The number of esters is 1. The Morgan fingerprint density at radius 3 is 2.71 bits per heavy atom. The average Bonchev–Trinajstić information content (AvgIpc) is 2.55. The maximum absolute atomic E-state index is 12.2. The zero-order chi connectivity index (χ0) is 17.9. The quantitative estimate of drug-likeness (QED) is 0.727. The van der Waals surface area contributed by atoms with Crippen LogP contribution in [0.5, 0.6) is 0 Å². The molecule has 24 heavy (non-hydrogen) atoms. The van der Waals surface area contributed by atoms with Crippen molar-refractivity contribution in [2.24, 2.45) is 0 Å². The molecule has 10 heteroatoms. The van der Waals surface area contributed by atoms with Crippen LogP contribution in [0.4, 0.5) is 11.9 Å². The lowest BCUT2D eigenvalue weighted by molar-refractivity contribution is 0.0599. The molecule has 0 atom stereocenters. The molecule has 0 aromatic carbocycles. The van der Waals surface area contributed by atoms with Crippen molar-refractivity contribution in [3.63, 3.8) is 0 Å². The molecule has 0 aliphatic carbocycles. The van der Waals surface area contributed by atoms with Gasteiger partial charge in [0.2, 0.25) is 11.9 Å². The maximum Gasteiger partial charge on any atom is 0.339 e. The van der Waals surface area contributed by atoms with Crippen LogP contribution >= 0.6 is 0 Å². The molecule has 124 valence electrons. The van der Waals surface area contributed by atoms with Gasteiger partial charge in [0.15, 0.2) is 5.82 Å². The predicted molar refractivity (Wildman–Crippen MR) is 84.4 cm³/mol. The van der Waals surface area contributed by atoms with E-state index < -0.39 is 11.5 Å². The zero-order valence-electron chi connectivity index (χ0n) is 13.3. The Balaban J connectivity index is 2.52. The summed E-state index contributed by atoms with van der Waals surface area (Å²) in [6, 6.07) is 2.93. The molecule has 2 rings (SSSR count). The molecule has 2 heterocycles. The summed E-state index contributed by atoms with van der Waals surface area (Å²) in [5, 5.41) is 9.07. The molecular weight excluding hydrogens is 314 g/mol. The third-order valence-corrected chi connectivity index (χ3v) is 3.03. The third kappa shape index (κ3) is 3.46. The van der Waals surface area contributed by atoms with Gasteiger partial charge in [0.1, 0.15) is 11.6 Å². The van der Waals surface area contributed by atoms with Gasteiger partial charge >= 0.3 is 5.97 Å². The van der Waals surface area contributed by atoms with Gasteiger partial charge in [0.25, 0.3) is 5.56 Å². The van der Waals surface area contributed by atoms with Gasteiger partial charge in [0.05, 0.1) is 19.2 Å².